The molecule has 0 radical (unpaired) electrons. The van der Waals surface area contributed by atoms with Crippen molar-refractivity contribution in [2.75, 3.05) is 5.88 Å². The molecule has 1 aliphatic rings. The highest BCUT2D eigenvalue weighted by Crippen LogP contribution is 2.16. The van der Waals surface area contributed by atoms with Gasteiger partial charge in [-0.15, -0.1) is 11.6 Å². The highest BCUT2D eigenvalue weighted by Gasteiger charge is 2.16. The molecule has 2 N–H and O–H groups in total. The molecule has 4 nitrogen and oxygen atoms in total. The van der Waals surface area contributed by atoms with Gasteiger partial charge in [-0.05, 0) is 12.8 Å². The van der Waals surface area contributed by atoms with Crippen molar-refractivity contribution in [3.05, 3.63) is 0 Å². The zero-order valence-electron chi connectivity index (χ0n) is 8.72. The molecule has 1 fully saturated rings. The van der Waals surface area contributed by atoms with E-state index in [0.29, 0.717) is 0 Å². The Hall–Kier alpha value is -0.770. The van der Waals surface area contributed by atoms with Crippen LogP contribution in [0.3, 0.4) is 0 Å². The summed E-state index contributed by atoms with van der Waals surface area (Å²) < 4.78 is 0. The van der Waals surface area contributed by atoms with Crippen LogP contribution in [0.2, 0.25) is 0 Å². The third-order valence-electron chi connectivity index (χ3n) is 2.51. The maximum Gasteiger partial charge on any atom is 0.321 e. The van der Waals surface area contributed by atoms with Crippen molar-refractivity contribution in [2.45, 2.75) is 44.6 Å². The first kappa shape index (κ1) is 12.3. The molecule has 5 heteroatoms. The lowest BCUT2D eigenvalue weighted by Crippen LogP contribution is -2.45. The second-order valence-electron chi connectivity index (χ2n) is 3.80. The number of nitrogens with one attached hydrogen (secondary N) is 2. The predicted molar refractivity (Wildman–Crippen MR) is 58.9 cm³/mol. The maximum absolute atomic E-state index is 11.3. The van der Waals surface area contributed by atoms with Crippen LogP contribution in [0.4, 0.5) is 4.79 Å². The summed E-state index contributed by atoms with van der Waals surface area (Å²) in [6.07, 6.45) is 5.75. The number of carbonyl (C=O) groups is 2. The average molecular weight is 233 g/mol. The standard InChI is InChI=1S/C10H17ClN2O2/c11-7-6-9(14)13-10(15)12-8-4-2-1-3-5-8/h8H,1-7H2,(H2,12,13,14,15). The van der Waals surface area contributed by atoms with Gasteiger partial charge in [-0.2, -0.15) is 0 Å². The van der Waals surface area contributed by atoms with Gasteiger partial charge in [0.05, 0.1) is 0 Å². The Kier molecular flexibility index (Phi) is 5.47. The smallest absolute Gasteiger partial charge is 0.321 e. The number of hydrogen-bond donors (Lipinski definition) is 2. The summed E-state index contributed by atoms with van der Waals surface area (Å²) in [6, 6.07) is -0.167. The number of hydrogen-bond acceptors (Lipinski definition) is 2. The third kappa shape index (κ3) is 5.02. The lowest BCUT2D eigenvalue weighted by atomic mass is 9.96. The predicted octanol–water partition coefficient (Wildman–Crippen LogP) is 1.77. The highest BCUT2D eigenvalue weighted by molar-refractivity contribution is 6.19. The first-order valence-corrected chi connectivity index (χ1v) is 5.92. The van der Waals surface area contributed by atoms with E-state index in [1.165, 1.54) is 6.42 Å². The van der Waals surface area contributed by atoms with Crippen molar-refractivity contribution in [2.24, 2.45) is 0 Å². The quantitative estimate of drug-likeness (QED) is 0.729. The topological polar surface area (TPSA) is 58.2 Å². The SMILES string of the molecule is O=C(CCCl)NC(=O)NC1CCCCC1. The fourth-order valence-electron chi connectivity index (χ4n) is 1.74. The van der Waals surface area contributed by atoms with Crippen LogP contribution >= 0.6 is 11.6 Å². The highest BCUT2D eigenvalue weighted by atomic mass is 35.5. The van der Waals surface area contributed by atoms with E-state index < -0.39 is 6.03 Å². The molecule has 0 unspecified atom stereocenters. The molecule has 0 spiro atoms. The van der Waals surface area contributed by atoms with Crippen LogP contribution < -0.4 is 10.6 Å². The summed E-state index contributed by atoms with van der Waals surface area (Å²) in [5, 5.41) is 5.05. The molecular formula is C10H17ClN2O2. The molecule has 3 amide bonds. The van der Waals surface area contributed by atoms with Gasteiger partial charge in [-0.3, -0.25) is 10.1 Å². The Morgan fingerprint density at radius 1 is 1.20 bits per heavy atom. The Bertz CT molecular complexity index is 227. The van der Waals surface area contributed by atoms with E-state index in [4.69, 9.17) is 11.6 Å². The lowest BCUT2D eigenvalue weighted by Gasteiger charge is -2.22. The largest absolute Gasteiger partial charge is 0.335 e. The summed E-state index contributed by atoms with van der Waals surface area (Å²) in [6.45, 7) is 0. The molecule has 15 heavy (non-hydrogen) atoms. The third-order valence-corrected chi connectivity index (χ3v) is 2.70. The van der Waals surface area contributed by atoms with Crippen molar-refractivity contribution in [3.63, 3.8) is 0 Å². The molecule has 1 aliphatic carbocycles. The van der Waals surface area contributed by atoms with E-state index >= 15 is 0 Å². The van der Waals surface area contributed by atoms with Crippen LogP contribution in [0.5, 0.6) is 0 Å². The lowest BCUT2D eigenvalue weighted by molar-refractivity contribution is -0.119. The molecular weight excluding hydrogens is 216 g/mol. The molecule has 86 valence electrons. The summed E-state index contributed by atoms with van der Waals surface area (Å²) in [5.41, 5.74) is 0. The van der Waals surface area contributed by atoms with Crippen molar-refractivity contribution >= 4 is 23.5 Å². The minimum atomic E-state index is -0.392. The fourth-order valence-corrected chi connectivity index (χ4v) is 1.91. The number of urea groups is 1. The number of carbonyl (C=O) groups excluding carboxylic acids is 2. The molecule has 0 aliphatic heterocycles. The molecule has 0 heterocycles. The van der Waals surface area contributed by atoms with Gasteiger partial charge in [-0.25, -0.2) is 4.79 Å². The van der Waals surface area contributed by atoms with Crippen LogP contribution in [-0.4, -0.2) is 23.9 Å². The van der Waals surface area contributed by atoms with Gasteiger partial charge < -0.3 is 5.32 Å². The average Bonchev–Trinajstić information content (AvgIpc) is 2.19. The number of rotatable bonds is 3. The summed E-state index contributed by atoms with van der Waals surface area (Å²) in [4.78, 5) is 22.3. The second-order valence-corrected chi connectivity index (χ2v) is 4.17. The molecule has 0 aromatic heterocycles. The van der Waals surface area contributed by atoms with Crippen molar-refractivity contribution in [1.29, 1.82) is 0 Å². The number of amides is 3. The zero-order chi connectivity index (χ0) is 11.1. The number of alkyl halides is 1. The Morgan fingerprint density at radius 3 is 2.47 bits per heavy atom. The van der Waals surface area contributed by atoms with Gasteiger partial charge >= 0.3 is 6.03 Å². The van der Waals surface area contributed by atoms with Crippen LogP contribution in [0.15, 0.2) is 0 Å². The minimum absolute atomic E-state index is 0.180. The molecule has 0 bridgehead atoms. The molecule has 1 saturated carbocycles. The second kappa shape index (κ2) is 6.67. The van der Waals surface area contributed by atoms with E-state index in [-0.39, 0.29) is 24.2 Å². The summed E-state index contributed by atoms with van der Waals surface area (Å²) in [5.74, 6) is -0.0824. The van der Waals surface area contributed by atoms with Gasteiger partial charge in [0.2, 0.25) is 5.91 Å². The van der Waals surface area contributed by atoms with E-state index in [2.05, 4.69) is 10.6 Å². The Morgan fingerprint density at radius 2 is 1.87 bits per heavy atom. The number of imide groups is 1. The Labute approximate surface area is 94.7 Å². The van der Waals surface area contributed by atoms with E-state index in [1.54, 1.807) is 0 Å². The van der Waals surface area contributed by atoms with Crippen LogP contribution in [-0.2, 0) is 4.79 Å². The first-order valence-electron chi connectivity index (χ1n) is 5.38. The zero-order valence-corrected chi connectivity index (χ0v) is 9.48. The summed E-state index contributed by atoms with van der Waals surface area (Å²) >= 11 is 5.38. The van der Waals surface area contributed by atoms with Crippen LogP contribution in [0.25, 0.3) is 0 Å². The molecule has 0 aromatic rings. The van der Waals surface area contributed by atoms with E-state index in [0.717, 1.165) is 25.7 Å². The van der Waals surface area contributed by atoms with Crippen molar-refractivity contribution < 1.29 is 9.59 Å². The molecule has 1 rings (SSSR count). The molecule has 0 atom stereocenters. The van der Waals surface area contributed by atoms with Gasteiger partial charge in [0.1, 0.15) is 0 Å². The van der Waals surface area contributed by atoms with Gasteiger partial charge in [0, 0.05) is 18.3 Å². The monoisotopic (exact) mass is 232 g/mol. The van der Waals surface area contributed by atoms with E-state index in [1.807, 2.05) is 0 Å². The van der Waals surface area contributed by atoms with Gasteiger partial charge in [0.25, 0.3) is 0 Å². The number of halogens is 1. The fraction of sp³-hybridized carbons (Fsp3) is 0.800. The van der Waals surface area contributed by atoms with Gasteiger partial charge in [0.15, 0.2) is 0 Å². The first-order chi connectivity index (χ1) is 7.22. The van der Waals surface area contributed by atoms with Crippen molar-refractivity contribution in [1.82, 2.24) is 10.6 Å². The maximum atomic E-state index is 11.3. The van der Waals surface area contributed by atoms with E-state index in [9.17, 15) is 9.59 Å². The van der Waals surface area contributed by atoms with Crippen LogP contribution in [0.1, 0.15) is 38.5 Å². The normalized spacial score (nSPS) is 17.1. The Balaban J connectivity index is 2.19. The summed E-state index contributed by atoms with van der Waals surface area (Å²) in [7, 11) is 0. The molecule has 0 aromatic carbocycles. The molecule has 0 saturated heterocycles. The van der Waals surface area contributed by atoms with Gasteiger partial charge in [-0.1, -0.05) is 19.3 Å². The minimum Gasteiger partial charge on any atom is -0.335 e. The van der Waals surface area contributed by atoms with Crippen molar-refractivity contribution in [3.8, 4) is 0 Å². The van der Waals surface area contributed by atoms with Crippen LogP contribution in [0, 0.1) is 0 Å².